The van der Waals surface area contributed by atoms with Crippen LogP contribution in [0.25, 0.3) is 0 Å². The third-order valence-corrected chi connectivity index (χ3v) is 13.2. The Kier molecular flexibility index (Phi) is 50.8. The van der Waals surface area contributed by atoms with E-state index >= 15 is 0 Å². The van der Waals surface area contributed by atoms with E-state index < -0.39 is 57.8 Å². The van der Waals surface area contributed by atoms with Gasteiger partial charge in [0.25, 0.3) is 0 Å². The Hall–Kier alpha value is -2.56. The Bertz CT molecular complexity index is 1360. The van der Waals surface area contributed by atoms with Gasteiger partial charge in [0.05, 0.1) is 19.8 Å². The molecule has 0 aliphatic heterocycles. The van der Waals surface area contributed by atoms with E-state index in [2.05, 4.69) is 69.4 Å². The van der Waals surface area contributed by atoms with Crippen molar-refractivity contribution in [3.8, 4) is 0 Å². The minimum atomic E-state index is -4.75. The molecule has 408 valence electrons. The van der Waals surface area contributed by atoms with Crippen molar-refractivity contribution in [2.75, 3.05) is 26.4 Å². The molecule has 0 saturated carbocycles. The molecule has 0 bridgehead atoms. The Labute approximate surface area is 428 Å². The molecule has 0 aromatic heterocycles. The molecule has 0 aliphatic rings. The fourth-order valence-electron chi connectivity index (χ4n) is 7.84. The van der Waals surface area contributed by atoms with Crippen LogP contribution in [0.1, 0.15) is 265 Å². The van der Waals surface area contributed by atoms with E-state index in [0.29, 0.717) is 19.3 Å². The van der Waals surface area contributed by atoms with Crippen molar-refractivity contribution in [3.05, 3.63) is 48.6 Å². The molecule has 0 heterocycles. The predicted octanol–water partition coefficient (Wildman–Crippen LogP) is 16.6. The Balaban J connectivity index is 4.74. The van der Waals surface area contributed by atoms with Crippen LogP contribution in [0.3, 0.4) is 0 Å². The van der Waals surface area contributed by atoms with Gasteiger partial charge in [-0.2, -0.15) is 0 Å². The smallest absolute Gasteiger partial charge is 0.462 e. The number of carbonyl (C=O) groups excluding carboxylic acids is 3. The number of phosphoric acid groups is 1. The highest BCUT2D eigenvalue weighted by Gasteiger charge is 2.28. The maximum Gasteiger partial charge on any atom is 0.472 e. The van der Waals surface area contributed by atoms with E-state index in [1.807, 2.05) is 0 Å². The van der Waals surface area contributed by atoms with Crippen LogP contribution >= 0.6 is 7.82 Å². The fourth-order valence-corrected chi connectivity index (χ4v) is 8.62. The van der Waals surface area contributed by atoms with E-state index in [1.165, 1.54) is 96.3 Å². The van der Waals surface area contributed by atoms with Crippen molar-refractivity contribution in [2.45, 2.75) is 277 Å². The second-order valence-corrected chi connectivity index (χ2v) is 20.6. The van der Waals surface area contributed by atoms with Crippen molar-refractivity contribution in [1.82, 2.24) is 0 Å². The number of allylic oxidation sites excluding steroid dienone is 8. The number of aliphatic hydroxyl groups excluding tert-OH is 1. The van der Waals surface area contributed by atoms with Crippen LogP contribution in [-0.4, -0.2) is 66.5 Å². The van der Waals surface area contributed by atoms with Crippen molar-refractivity contribution < 1.29 is 52.2 Å². The lowest BCUT2D eigenvalue weighted by Crippen LogP contribution is -2.30. The third-order valence-electron chi connectivity index (χ3n) is 12.2. The number of hydrogen-bond acceptors (Lipinski definition) is 10. The zero-order valence-corrected chi connectivity index (χ0v) is 45.9. The van der Waals surface area contributed by atoms with Gasteiger partial charge in [-0.15, -0.1) is 0 Å². The summed E-state index contributed by atoms with van der Waals surface area (Å²) in [7, 11) is -4.75. The van der Waals surface area contributed by atoms with E-state index in [-0.39, 0.29) is 25.9 Å². The molecule has 0 radical (unpaired) electrons. The second kappa shape index (κ2) is 52.8. The molecular weight excluding hydrogens is 904 g/mol. The van der Waals surface area contributed by atoms with E-state index in [9.17, 15) is 28.9 Å². The molecule has 0 fully saturated rings. The van der Waals surface area contributed by atoms with Crippen LogP contribution in [0.2, 0.25) is 0 Å². The highest BCUT2D eigenvalue weighted by molar-refractivity contribution is 7.47. The average molecular weight is 1010 g/mol. The Morgan fingerprint density at radius 1 is 0.400 bits per heavy atom. The number of phosphoric ester groups is 1. The fraction of sp³-hybridized carbons (Fsp3) is 0.810. The predicted molar refractivity (Wildman–Crippen MR) is 289 cm³/mol. The van der Waals surface area contributed by atoms with Crippen molar-refractivity contribution >= 4 is 25.7 Å². The van der Waals surface area contributed by atoms with Crippen LogP contribution < -0.4 is 0 Å². The van der Waals surface area contributed by atoms with Gasteiger partial charge in [-0.3, -0.25) is 23.4 Å². The highest BCUT2D eigenvalue weighted by atomic mass is 31.2. The van der Waals surface area contributed by atoms with Gasteiger partial charge >= 0.3 is 25.7 Å². The van der Waals surface area contributed by atoms with Crippen LogP contribution in [0.15, 0.2) is 48.6 Å². The summed E-state index contributed by atoms with van der Waals surface area (Å²) in [6, 6.07) is 0. The van der Waals surface area contributed by atoms with Gasteiger partial charge in [-0.05, 0) is 77.0 Å². The van der Waals surface area contributed by atoms with Gasteiger partial charge in [0.15, 0.2) is 6.10 Å². The van der Waals surface area contributed by atoms with Gasteiger partial charge in [0, 0.05) is 19.3 Å². The largest absolute Gasteiger partial charge is 0.472 e. The standard InChI is InChI=1S/C58H105O11P/c1-4-7-10-13-16-19-22-25-27-30-32-35-38-41-44-47-56(60)65-51-55(69-58(62)49-46-43-40-37-34-31-28-26-23-20-17-14-11-8-5-2)53-67-70(63,64)66-52-54(50-59)68-57(61)48-45-42-39-36-33-29-24-21-18-15-12-9-6-3/h12,15,17,20-21,24,26,28,54-55,59H,4-11,13-14,16,18-19,22-23,25,27,29-53H2,1-3H3,(H,63,64)/b15-12-,20-17-,24-21-,28-26-. The van der Waals surface area contributed by atoms with E-state index in [4.69, 9.17) is 23.3 Å². The molecule has 3 atom stereocenters. The summed E-state index contributed by atoms with van der Waals surface area (Å²) in [5, 5.41) is 9.79. The first-order chi connectivity index (χ1) is 34.2. The Morgan fingerprint density at radius 2 is 0.729 bits per heavy atom. The Morgan fingerprint density at radius 3 is 1.14 bits per heavy atom. The first kappa shape index (κ1) is 67.4. The number of aliphatic hydroxyl groups is 1. The lowest BCUT2D eigenvalue weighted by molar-refractivity contribution is -0.161. The maximum atomic E-state index is 12.9. The molecule has 0 aliphatic carbocycles. The lowest BCUT2D eigenvalue weighted by Gasteiger charge is -2.21. The van der Waals surface area contributed by atoms with Gasteiger partial charge in [0.1, 0.15) is 12.7 Å². The third kappa shape index (κ3) is 50.4. The molecule has 0 spiro atoms. The monoisotopic (exact) mass is 1010 g/mol. The number of unbranched alkanes of at least 4 members (excludes halogenated alkanes) is 28. The van der Waals surface area contributed by atoms with Crippen LogP contribution in [0, 0.1) is 0 Å². The second-order valence-electron chi connectivity index (χ2n) is 19.1. The molecule has 0 rings (SSSR count). The van der Waals surface area contributed by atoms with Crippen LogP contribution in [0.4, 0.5) is 0 Å². The normalized spacial score (nSPS) is 13.7. The summed E-state index contributed by atoms with van der Waals surface area (Å²) in [5.74, 6) is -1.48. The van der Waals surface area contributed by atoms with Gasteiger partial charge in [0.2, 0.25) is 0 Å². The lowest BCUT2D eigenvalue weighted by atomic mass is 10.0. The van der Waals surface area contributed by atoms with Crippen LogP contribution in [0.5, 0.6) is 0 Å². The summed E-state index contributed by atoms with van der Waals surface area (Å²) in [5.41, 5.74) is 0. The summed E-state index contributed by atoms with van der Waals surface area (Å²) in [4.78, 5) is 48.5. The molecule has 11 nitrogen and oxygen atoms in total. The van der Waals surface area contributed by atoms with Crippen molar-refractivity contribution in [3.63, 3.8) is 0 Å². The van der Waals surface area contributed by atoms with Gasteiger partial charge < -0.3 is 24.2 Å². The minimum Gasteiger partial charge on any atom is -0.462 e. The molecule has 2 N–H and O–H groups in total. The number of hydrogen-bond donors (Lipinski definition) is 2. The SMILES string of the molecule is CCC/C=C\C/C=C\CCCCCCCC(=O)OC(CO)COP(=O)(O)OCC(COC(=O)CCCCCCCCCCCCCCCCC)OC(=O)CCCCCCC/C=C\C/C=C\CCCCC. The average Bonchev–Trinajstić information content (AvgIpc) is 3.35. The molecule has 0 amide bonds. The molecule has 0 aromatic rings. The molecule has 3 unspecified atom stereocenters. The minimum absolute atomic E-state index is 0.153. The van der Waals surface area contributed by atoms with Gasteiger partial charge in [-0.1, -0.05) is 217 Å². The van der Waals surface area contributed by atoms with Crippen molar-refractivity contribution in [1.29, 1.82) is 0 Å². The number of rotatable bonds is 53. The van der Waals surface area contributed by atoms with Crippen molar-refractivity contribution in [2.24, 2.45) is 0 Å². The summed E-state index contributed by atoms with van der Waals surface area (Å²) >= 11 is 0. The summed E-state index contributed by atoms with van der Waals surface area (Å²) < 4.78 is 39.5. The summed E-state index contributed by atoms with van der Waals surface area (Å²) in [6.45, 7) is 4.55. The van der Waals surface area contributed by atoms with E-state index in [1.54, 1.807) is 0 Å². The zero-order valence-electron chi connectivity index (χ0n) is 45.0. The topological polar surface area (TPSA) is 155 Å². The highest BCUT2D eigenvalue weighted by Crippen LogP contribution is 2.43. The number of carbonyl (C=O) groups is 3. The zero-order chi connectivity index (χ0) is 51.3. The number of esters is 3. The number of ether oxygens (including phenoxy) is 3. The first-order valence-electron chi connectivity index (χ1n) is 28.5. The first-order valence-corrected chi connectivity index (χ1v) is 30.0. The molecule has 12 heteroatoms. The molecule has 0 aromatic carbocycles. The van der Waals surface area contributed by atoms with Gasteiger partial charge in [-0.25, -0.2) is 4.57 Å². The molecule has 70 heavy (non-hydrogen) atoms. The van der Waals surface area contributed by atoms with Crippen LogP contribution in [-0.2, 0) is 42.2 Å². The molecular formula is C58H105O11P. The molecule has 0 saturated heterocycles. The maximum absolute atomic E-state index is 12.9. The summed E-state index contributed by atoms with van der Waals surface area (Å²) in [6.07, 6.45) is 54.9. The quantitative estimate of drug-likeness (QED) is 0.0197. The van der Waals surface area contributed by atoms with E-state index in [0.717, 1.165) is 109 Å².